The van der Waals surface area contributed by atoms with E-state index in [2.05, 4.69) is 278 Å². The van der Waals surface area contributed by atoms with Crippen molar-refractivity contribution in [1.82, 2.24) is 4.40 Å². The van der Waals surface area contributed by atoms with Gasteiger partial charge in [-0.05, 0) is 152 Å². The predicted molar refractivity (Wildman–Crippen MR) is 329 cm³/mol. The number of benzene rings is 12. The number of fused-ring (bicyclic) bond motifs is 14. The Balaban J connectivity index is 0.957. The van der Waals surface area contributed by atoms with Crippen molar-refractivity contribution in [3.63, 3.8) is 0 Å². The van der Waals surface area contributed by atoms with Crippen molar-refractivity contribution in [2.75, 3.05) is 9.80 Å². The fraction of sp³-hybridized carbons (Fsp3) is 0.0833. The van der Waals surface area contributed by atoms with Gasteiger partial charge in [0.25, 0.3) is 0 Å². The second-order valence-electron chi connectivity index (χ2n) is 21.3. The summed E-state index contributed by atoms with van der Waals surface area (Å²) in [6.45, 7) is 9.05. The monoisotopic (exact) mass is 991 g/mol. The van der Waals surface area contributed by atoms with Gasteiger partial charge in [0, 0.05) is 81.2 Å². The van der Waals surface area contributed by atoms with Crippen molar-refractivity contribution in [2.24, 2.45) is 0 Å². The van der Waals surface area contributed by atoms with E-state index in [0.717, 1.165) is 34.1 Å². The van der Waals surface area contributed by atoms with E-state index in [1.165, 1.54) is 113 Å². The Labute approximate surface area is 446 Å². The molecule has 3 nitrogen and oxygen atoms in total. The number of rotatable bonds is 9. The minimum Gasteiger partial charge on any atom is -0.310 e. The molecule has 0 atom stereocenters. The van der Waals surface area contributed by atoms with E-state index in [9.17, 15) is 0 Å². The standard InChI is InChI=1S/C72H53N3S/c1-44(2)46-18-24-54(25-19-46)73(56-28-22-49-14-8-10-16-51(49)38-56)58-30-32-60-65-40-53(48-12-6-5-7-13-48)41-66-63-35-34-61-62(71(63)75(72(65)66)67(60)42-58)36-37-68-70(61)64-33-31-59(43-69(64)76-68)74(55-26-20-47(21-27-55)45(3)4)57-29-23-50-15-9-11-17-52(50)39-57/h5-45H,1-4H3. The van der Waals surface area contributed by atoms with Crippen molar-refractivity contribution in [2.45, 2.75) is 39.5 Å². The third-order valence-corrected chi connectivity index (χ3v) is 17.3. The van der Waals surface area contributed by atoms with Gasteiger partial charge in [-0.1, -0.05) is 173 Å². The first-order chi connectivity index (χ1) is 37.3. The Hall–Kier alpha value is -8.96. The highest BCUT2D eigenvalue weighted by atomic mass is 32.1. The summed E-state index contributed by atoms with van der Waals surface area (Å²) >= 11 is 1.89. The molecule has 3 heterocycles. The lowest BCUT2D eigenvalue weighted by Gasteiger charge is -2.26. The highest BCUT2D eigenvalue weighted by Gasteiger charge is 2.24. The topological polar surface area (TPSA) is 10.9 Å². The lowest BCUT2D eigenvalue weighted by atomic mass is 9.97. The van der Waals surface area contributed by atoms with Crippen molar-refractivity contribution in [3.05, 3.63) is 248 Å². The smallest absolute Gasteiger partial charge is 0.0621 e. The van der Waals surface area contributed by atoms with E-state index >= 15 is 0 Å². The van der Waals surface area contributed by atoms with E-state index in [-0.39, 0.29) is 0 Å². The van der Waals surface area contributed by atoms with Gasteiger partial charge in [0.2, 0.25) is 0 Å². The van der Waals surface area contributed by atoms with Crippen LogP contribution < -0.4 is 9.80 Å². The second-order valence-corrected chi connectivity index (χ2v) is 22.4. The molecule has 0 saturated heterocycles. The zero-order valence-corrected chi connectivity index (χ0v) is 43.7. The fourth-order valence-corrected chi connectivity index (χ4v) is 13.5. The van der Waals surface area contributed by atoms with Gasteiger partial charge in [-0.15, -0.1) is 11.3 Å². The van der Waals surface area contributed by atoms with Crippen LogP contribution in [-0.4, -0.2) is 4.40 Å². The Morgan fingerprint density at radius 2 is 0.763 bits per heavy atom. The Morgan fingerprint density at radius 3 is 1.37 bits per heavy atom. The maximum atomic E-state index is 2.60. The predicted octanol–water partition coefficient (Wildman–Crippen LogP) is 21.5. The van der Waals surface area contributed by atoms with E-state index in [4.69, 9.17) is 0 Å². The molecular weight excluding hydrogens is 939 g/mol. The largest absolute Gasteiger partial charge is 0.310 e. The fourth-order valence-electron chi connectivity index (χ4n) is 12.3. The first-order valence-corrected chi connectivity index (χ1v) is 27.5. The molecule has 0 radical (unpaired) electrons. The number of thiophene rings is 1. The van der Waals surface area contributed by atoms with Gasteiger partial charge >= 0.3 is 0 Å². The minimum atomic E-state index is 0.442. The molecule has 0 bridgehead atoms. The summed E-state index contributed by atoms with van der Waals surface area (Å²) < 4.78 is 5.16. The van der Waals surface area contributed by atoms with Crippen molar-refractivity contribution < 1.29 is 0 Å². The molecular formula is C72H53N3S. The zero-order chi connectivity index (χ0) is 50.8. The van der Waals surface area contributed by atoms with Gasteiger partial charge in [-0.25, -0.2) is 0 Å². The number of anilines is 6. The molecule has 362 valence electrons. The third-order valence-electron chi connectivity index (χ3n) is 16.2. The number of nitrogens with zero attached hydrogens (tertiary/aromatic N) is 3. The lowest BCUT2D eigenvalue weighted by molar-refractivity contribution is 0.866. The summed E-state index contributed by atoms with van der Waals surface area (Å²) in [5, 5.41) is 15.1. The van der Waals surface area contributed by atoms with Crippen LogP contribution in [0.4, 0.5) is 34.1 Å². The molecule has 0 unspecified atom stereocenters. The average Bonchev–Trinajstić information content (AvgIpc) is 4.23. The highest BCUT2D eigenvalue weighted by Crippen LogP contribution is 2.49. The molecule has 0 amide bonds. The van der Waals surface area contributed by atoms with Gasteiger partial charge in [0.05, 0.1) is 16.6 Å². The lowest BCUT2D eigenvalue weighted by Crippen LogP contribution is -2.10. The zero-order valence-electron chi connectivity index (χ0n) is 42.9. The quantitative estimate of drug-likeness (QED) is 0.143. The Bertz CT molecular complexity index is 4750. The van der Waals surface area contributed by atoms with Crippen LogP contribution in [0.3, 0.4) is 0 Å². The van der Waals surface area contributed by atoms with Gasteiger partial charge in [-0.2, -0.15) is 0 Å². The summed E-state index contributed by atoms with van der Waals surface area (Å²) in [6, 6.07) is 88.9. The van der Waals surface area contributed by atoms with E-state index in [1.807, 2.05) is 11.3 Å². The van der Waals surface area contributed by atoms with Crippen LogP contribution in [0.1, 0.15) is 50.7 Å². The maximum absolute atomic E-state index is 2.60. The molecule has 0 saturated carbocycles. The van der Waals surface area contributed by atoms with Gasteiger partial charge in [0.1, 0.15) is 0 Å². The van der Waals surface area contributed by atoms with Crippen molar-refractivity contribution >= 4 is 136 Å². The van der Waals surface area contributed by atoms with Crippen LogP contribution in [0.25, 0.3) is 102 Å². The molecule has 0 aliphatic heterocycles. The van der Waals surface area contributed by atoms with Crippen LogP contribution in [-0.2, 0) is 0 Å². The first kappa shape index (κ1) is 44.5. The highest BCUT2D eigenvalue weighted by molar-refractivity contribution is 7.26. The van der Waals surface area contributed by atoms with Crippen LogP contribution in [0.5, 0.6) is 0 Å². The maximum Gasteiger partial charge on any atom is 0.0621 e. The molecule has 0 fully saturated rings. The Morgan fingerprint density at radius 1 is 0.316 bits per heavy atom. The average molecular weight is 992 g/mol. The summed E-state index contributed by atoms with van der Waals surface area (Å²) in [5.41, 5.74) is 15.6. The first-order valence-electron chi connectivity index (χ1n) is 26.7. The van der Waals surface area contributed by atoms with E-state index < -0.39 is 0 Å². The van der Waals surface area contributed by atoms with Crippen LogP contribution in [0, 0.1) is 0 Å². The normalized spacial score (nSPS) is 12.2. The third kappa shape index (κ3) is 7.01. The molecule has 0 aliphatic carbocycles. The number of aromatic nitrogens is 1. The van der Waals surface area contributed by atoms with Crippen molar-refractivity contribution in [3.8, 4) is 11.1 Å². The molecule has 76 heavy (non-hydrogen) atoms. The number of hydrogen-bond donors (Lipinski definition) is 0. The summed E-state index contributed by atoms with van der Waals surface area (Å²) in [4.78, 5) is 4.86. The van der Waals surface area contributed by atoms with E-state index in [1.54, 1.807) is 0 Å². The molecule has 0 N–H and O–H groups in total. The molecule has 4 heteroatoms. The van der Waals surface area contributed by atoms with Crippen LogP contribution in [0.15, 0.2) is 237 Å². The molecule has 15 aromatic rings. The summed E-state index contributed by atoms with van der Waals surface area (Å²) in [6.07, 6.45) is 0. The summed E-state index contributed by atoms with van der Waals surface area (Å²) in [7, 11) is 0. The molecule has 3 aromatic heterocycles. The van der Waals surface area contributed by atoms with E-state index in [0.29, 0.717) is 11.8 Å². The molecule has 0 aliphatic rings. The molecule has 0 spiro atoms. The molecule has 15 rings (SSSR count). The Kier molecular flexibility index (Phi) is 10.1. The molecule has 12 aromatic carbocycles. The minimum absolute atomic E-state index is 0.442. The van der Waals surface area contributed by atoms with Gasteiger partial charge in [-0.3, -0.25) is 0 Å². The van der Waals surface area contributed by atoms with Crippen LogP contribution >= 0.6 is 11.3 Å². The van der Waals surface area contributed by atoms with Crippen LogP contribution in [0.2, 0.25) is 0 Å². The number of hydrogen-bond acceptors (Lipinski definition) is 3. The second kappa shape index (κ2) is 17.3. The SMILES string of the molecule is CC(C)c1ccc(N(c2ccc3ccccc3c2)c2ccc3c(c2)sc2ccc4c(ccc5c6cc(-c7ccccc7)cc7c8ccc(N(c9ccc(C(C)C)cc9)c9ccc%10ccccc%10c9)cc8n(c45)c76)c23)cc1. The van der Waals surface area contributed by atoms with Crippen molar-refractivity contribution in [1.29, 1.82) is 0 Å². The van der Waals surface area contributed by atoms with Gasteiger partial charge in [0.15, 0.2) is 0 Å². The van der Waals surface area contributed by atoms with Gasteiger partial charge < -0.3 is 14.2 Å². The summed E-state index contributed by atoms with van der Waals surface area (Å²) in [5.74, 6) is 0.899.